The molecule has 4 nitrogen and oxygen atoms in total. The Bertz CT molecular complexity index is 570. The molecule has 0 unspecified atom stereocenters. The molecule has 0 saturated heterocycles. The predicted octanol–water partition coefficient (Wildman–Crippen LogP) is 2.37. The Morgan fingerprint density at radius 2 is 2.11 bits per heavy atom. The minimum absolute atomic E-state index is 0.281. The zero-order valence-corrected chi connectivity index (χ0v) is 13.8. The van der Waals surface area contributed by atoms with E-state index in [0.717, 1.165) is 11.1 Å². The molecule has 0 aromatic heterocycles. The molecule has 19 heavy (non-hydrogen) atoms. The van der Waals surface area contributed by atoms with Gasteiger partial charge in [0.05, 0.1) is 4.90 Å². The Hall–Kier alpha value is -0.690. The third-order valence-electron chi connectivity index (χ3n) is 2.56. The van der Waals surface area contributed by atoms with Gasteiger partial charge in [-0.15, -0.1) is 0 Å². The Morgan fingerprint density at radius 3 is 2.63 bits per heavy atom. The van der Waals surface area contributed by atoms with Crippen molar-refractivity contribution in [1.29, 1.82) is 0 Å². The lowest BCUT2D eigenvalue weighted by atomic mass is 10.2. The van der Waals surface area contributed by atoms with Crippen molar-refractivity contribution in [2.75, 3.05) is 20.6 Å². The standard InChI is InChI=1S/C13H19BrN2O2S/c1-10(2)9-16(4)19(17,18)13-7-11(8-15-3)5-6-12(13)14/h5-7,15H,1,8-9H2,2-4H3. The van der Waals surface area contributed by atoms with Gasteiger partial charge >= 0.3 is 0 Å². The molecular weight excluding hydrogens is 328 g/mol. The fraction of sp³-hybridized carbons (Fsp3) is 0.385. The van der Waals surface area contributed by atoms with E-state index in [2.05, 4.69) is 27.8 Å². The first-order valence-electron chi connectivity index (χ1n) is 5.82. The fourth-order valence-corrected chi connectivity index (χ4v) is 3.89. The monoisotopic (exact) mass is 346 g/mol. The van der Waals surface area contributed by atoms with E-state index in [9.17, 15) is 8.42 Å². The third kappa shape index (κ3) is 4.14. The number of hydrogen-bond acceptors (Lipinski definition) is 3. The molecule has 0 saturated carbocycles. The van der Waals surface area contributed by atoms with E-state index in [1.54, 1.807) is 26.1 Å². The molecule has 0 atom stereocenters. The molecule has 0 radical (unpaired) electrons. The van der Waals surface area contributed by atoms with E-state index < -0.39 is 10.0 Å². The van der Waals surface area contributed by atoms with Crippen molar-refractivity contribution >= 4 is 26.0 Å². The van der Waals surface area contributed by atoms with Crippen LogP contribution in [0.5, 0.6) is 0 Å². The number of rotatable bonds is 6. The van der Waals surface area contributed by atoms with E-state index in [1.165, 1.54) is 4.31 Å². The summed E-state index contributed by atoms with van der Waals surface area (Å²) in [6.45, 7) is 6.48. The quantitative estimate of drug-likeness (QED) is 0.804. The van der Waals surface area contributed by atoms with Gasteiger partial charge in [0.1, 0.15) is 0 Å². The highest BCUT2D eigenvalue weighted by Crippen LogP contribution is 2.26. The lowest BCUT2D eigenvalue weighted by Gasteiger charge is -2.18. The van der Waals surface area contributed by atoms with Crippen molar-refractivity contribution in [3.05, 3.63) is 40.4 Å². The van der Waals surface area contributed by atoms with Crippen molar-refractivity contribution < 1.29 is 8.42 Å². The number of hydrogen-bond donors (Lipinski definition) is 1. The molecule has 0 aliphatic heterocycles. The van der Waals surface area contributed by atoms with Gasteiger partial charge in [-0.1, -0.05) is 18.2 Å². The van der Waals surface area contributed by atoms with Gasteiger partial charge in [0, 0.05) is 24.6 Å². The molecule has 1 N–H and O–H groups in total. The Kier molecular flexibility index (Phi) is 5.73. The summed E-state index contributed by atoms with van der Waals surface area (Å²) in [5, 5.41) is 3.01. The maximum atomic E-state index is 12.5. The number of benzene rings is 1. The third-order valence-corrected chi connectivity index (χ3v) is 5.35. The molecule has 106 valence electrons. The van der Waals surface area contributed by atoms with Gasteiger partial charge in [-0.05, 0) is 47.6 Å². The molecule has 0 bridgehead atoms. The molecule has 0 heterocycles. The topological polar surface area (TPSA) is 49.4 Å². The zero-order chi connectivity index (χ0) is 14.6. The fourth-order valence-electron chi connectivity index (χ4n) is 1.69. The van der Waals surface area contributed by atoms with E-state index in [4.69, 9.17) is 0 Å². The van der Waals surface area contributed by atoms with Crippen LogP contribution in [-0.4, -0.2) is 33.4 Å². The summed E-state index contributed by atoms with van der Waals surface area (Å²) < 4.78 is 26.8. The maximum Gasteiger partial charge on any atom is 0.244 e. The van der Waals surface area contributed by atoms with Crippen molar-refractivity contribution in [2.45, 2.75) is 18.4 Å². The number of halogens is 1. The van der Waals surface area contributed by atoms with Crippen molar-refractivity contribution in [2.24, 2.45) is 0 Å². The number of likely N-dealkylation sites (N-methyl/N-ethyl adjacent to an activating group) is 1. The van der Waals surface area contributed by atoms with Crippen LogP contribution in [0.15, 0.2) is 39.7 Å². The summed E-state index contributed by atoms with van der Waals surface area (Å²) in [5.74, 6) is 0. The highest BCUT2D eigenvalue weighted by Gasteiger charge is 2.23. The maximum absolute atomic E-state index is 12.5. The van der Waals surface area contributed by atoms with Crippen LogP contribution in [0.2, 0.25) is 0 Å². The van der Waals surface area contributed by atoms with Crippen LogP contribution in [0.4, 0.5) is 0 Å². The molecule has 1 rings (SSSR count). The van der Waals surface area contributed by atoms with Crippen LogP contribution >= 0.6 is 15.9 Å². The van der Waals surface area contributed by atoms with E-state index >= 15 is 0 Å². The number of nitrogens with one attached hydrogen (secondary N) is 1. The molecule has 6 heteroatoms. The number of sulfonamides is 1. The van der Waals surface area contributed by atoms with Crippen LogP contribution < -0.4 is 5.32 Å². The molecule has 0 aliphatic carbocycles. The second kappa shape index (κ2) is 6.65. The van der Waals surface area contributed by atoms with E-state index in [-0.39, 0.29) is 4.90 Å². The Labute approximate surface area is 123 Å². The molecule has 0 aliphatic rings. The molecular formula is C13H19BrN2O2S. The summed E-state index contributed by atoms with van der Waals surface area (Å²) >= 11 is 3.30. The smallest absolute Gasteiger partial charge is 0.244 e. The molecule has 0 fully saturated rings. The minimum atomic E-state index is -3.51. The summed E-state index contributed by atoms with van der Waals surface area (Å²) in [7, 11) is -0.128. The summed E-state index contributed by atoms with van der Waals surface area (Å²) in [6.07, 6.45) is 0. The van der Waals surface area contributed by atoms with E-state index in [1.807, 2.05) is 13.1 Å². The Morgan fingerprint density at radius 1 is 1.47 bits per heavy atom. The van der Waals surface area contributed by atoms with Gasteiger partial charge in [-0.2, -0.15) is 4.31 Å². The highest BCUT2D eigenvalue weighted by atomic mass is 79.9. The first kappa shape index (κ1) is 16.4. The molecule has 0 spiro atoms. The van der Waals surface area contributed by atoms with Gasteiger partial charge in [0.2, 0.25) is 10.0 Å². The van der Waals surface area contributed by atoms with Crippen LogP contribution in [0.3, 0.4) is 0 Å². The second-order valence-corrected chi connectivity index (χ2v) is 7.38. The second-order valence-electron chi connectivity index (χ2n) is 4.51. The predicted molar refractivity (Wildman–Crippen MR) is 81.5 cm³/mol. The van der Waals surface area contributed by atoms with E-state index in [0.29, 0.717) is 17.6 Å². The van der Waals surface area contributed by atoms with Gasteiger partial charge in [-0.3, -0.25) is 0 Å². The normalized spacial score (nSPS) is 11.8. The Balaban J connectivity index is 3.19. The average molecular weight is 347 g/mol. The first-order chi connectivity index (χ1) is 8.78. The highest BCUT2D eigenvalue weighted by molar-refractivity contribution is 9.10. The SMILES string of the molecule is C=C(C)CN(C)S(=O)(=O)c1cc(CNC)ccc1Br. The van der Waals surface area contributed by atoms with Crippen LogP contribution in [0.25, 0.3) is 0 Å². The lowest BCUT2D eigenvalue weighted by molar-refractivity contribution is 0.492. The van der Waals surface area contributed by atoms with Crippen molar-refractivity contribution in [3.8, 4) is 0 Å². The largest absolute Gasteiger partial charge is 0.316 e. The first-order valence-corrected chi connectivity index (χ1v) is 8.06. The van der Waals surface area contributed by atoms with Gasteiger partial charge in [0.25, 0.3) is 0 Å². The van der Waals surface area contributed by atoms with Crippen LogP contribution in [0, 0.1) is 0 Å². The molecule has 1 aromatic rings. The minimum Gasteiger partial charge on any atom is -0.316 e. The molecule has 0 amide bonds. The van der Waals surface area contributed by atoms with Crippen LogP contribution in [-0.2, 0) is 16.6 Å². The zero-order valence-electron chi connectivity index (χ0n) is 11.4. The average Bonchev–Trinajstić information content (AvgIpc) is 2.30. The lowest BCUT2D eigenvalue weighted by Crippen LogP contribution is -2.28. The van der Waals surface area contributed by atoms with Gasteiger partial charge in [-0.25, -0.2) is 8.42 Å². The van der Waals surface area contributed by atoms with Crippen molar-refractivity contribution in [3.63, 3.8) is 0 Å². The summed E-state index contributed by atoms with van der Waals surface area (Å²) in [6, 6.07) is 5.33. The van der Waals surface area contributed by atoms with Gasteiger partial charge in [0.15, 0.2) is 0 Å². The summed E-state index contributed by atoms with van der Waals surface area (Å²) in [4.78, 5) is 0.281. The van der Waals surface area contributed by atoms with Gasteiger partial charge < -0.3 is 5.32 Å². The number of nitrogens with zero attached hydrogens (tertiary/aromatic N) is 1. The van der Waals surface area contributed by atoms with Crippen LogP contribution in [0.1, 0.15) is 12.5 Å². The molecule has 1 aromatic carbocycles. The van der Waals surface area contributed by atoms with Crippen molar-refractivity contribution in [1.82, 2.24) is 9.62 Å². The summed E-state index contributed by atoms with van der Waals surface area (Å²) in [5.41, 5.74) is 1.72.